The summed E-state index contributed by atoms with van der Waals surface area (Å²) in [6.45, 7) is 1.11. The van der Waals surface area contributed by atoms with Crippen LogP contribution in [0, 0.1) is 0 Å². The predicted molar refractivity (Wildman–Crippen MR) is 119 cm³/mol. The zero-order valence-corrected chi connectivity index (χ0v) is 18.1. The average molecular weight is 442 g/mol. The van der Waals surface area contributed by atoms with Crippen LogP contribution in [0.1, 0.15) is 36.0 Å². The maximum absolute atomic E-state index is 12.9. The fourth-order valence-corrected chi connectivity index (χ4v) is 5.68. The van der Waals surface area contributed by atoms with E-state index in [9.17, 15) is 13.2 Å². The van der Waals surface area contributed by atoms with E-state index in [2.05, 4.69) is 10.3 Å². The van der Waals surface area contributed by atoms with Crippen molar-refractivity contribution in [3.63, 3.8) is 0 Å². The number of rotatable bonds is 5. The molecule has 8 heteroatoms. The minimum Gasteiger partial charge on any atom is -0.298 e. The maximum Gasteiger partial charge on any atom is 0.257 e. The molecule has 2 heterocycles. The molecule has 2 aromatic carbocycles. The van der Waals surface area contributed by atoms with E-state index in [0.29, 0.717) is 23.8 Å². The van der Waals surface area contributed by atoms with Gasteiger partial charge in [0, 0.05) is 29.6 Å². The summed E-state index contributed by atoms with van der Waals surface area (Å²) in [7, 11) is -3.52. The van der Waals surface area contributed by atoms with Crippen LogP contribution >= 0.6 is 11.3 Å². The van der Waals surface area contributed by atoms with Gasteiger partial charge in [0.25, 0.3) is 5.91 Å². The van der Waals surface area contributed by atoms with Crippen molar-refractivity contribution in [2.75, 3.05) is 18.4 Å². The Morgan fingerprint density at radius 3 is 2.27 bits per heavy atom. The van der Waals surface area contributed by atoms with Gasteiger partial charge in [-0.25, -0.2) is 13.4 Å². The highest BCUT2D eigenvalue weighted by Gasteiger charge is 2.25. The number of anilines is 1. The van der Waals surface area contributed by atoms with Gasteiger partial charge in [-0.15, -0.1) is 11.3 Å². The molecule has 0 spiro atoms. The van der Waals surface area contributed by atoms with Crippen molar-refractivity contribution in [3.8, 4) is 11.3 Å². The molecular weight excluding hydrogens is 418 g/mol. The standard InChI is InChI=1S/C22H23N3O3S2/c26-21(24-22-23-20(16-29-22)17-8-4-3-5-9-17)18-10-12-19(13-11-18)30(27,28)25-14-6-1-2-7-15-25/h3-5,8-13,16H,1-2,6-7,14-15H2,(H,23,24,26). The summed E-state index contributed by atoms with van der Waals surface area (Å²) in [5, 5.41) is 5.18. The molecule has 156 valence electrons. The van der Waals surface area contributed by atoms with Crippen LogP contribution in [0.4, 0.5) is 5.13 Å². The maximum atomic E-state index is 12.9. The highest BCUT2D eigenvalue weighted by atomic mass is 32.2. The van der Waals surface area contributed by atoms with Gasteiger partial charge in [-0.1, -0.05) is 43.2 Å². The molecular formula is C22H23N3O3S2. The second-order valence-corrected chi connectivity index (χ2v) is 10.00. The van der Waals surface area contributed by atoms with Crippen LogP contribution in [-0.4, -0.2) is 36.7 Å². The van der Waals surface area contributed by atoms with Crippen molar-refractivity contribution in [2.24, 2.45) is 0 Å². The molecule has 0 bridgehead atoms. The topological polar surface area (TPSA) is 79.4 Å². The molecule has 6 nitrogen and oxygen atoms in total. The van der Waals surface area contributed by atoms with E-state index in [0.717, 1.165) is 36.9 Å². The first-order chi connectivity index (χ1) is 14.5. The van der Waals surface area contributed by atoms with E-state index in [-0.39, 0.29) is 10.8 Å². The highest BCUT2D eigenvalue weighted by Crippen LogP contribution is 2.25. The number of amides is 1. The van der Waals surface area contributed by atoms with Crippen molar-refractivity contribution in [2.45, 2.75) is 30.6 Å². The molecule has 1 saturated heterocycles. The lowest BCUT2D eigenvalue weighted by molar-refractivity contribution is 0.102. The summed E-state index contributed by atoms with van der Waals surface area (Å²) < 4.78 is 27.3. The minimum atomic E-state index is -3.52. The Kier molecular flexibility index (Phi) is 6.26. The number of nitrogens with one attached hydrogen (secondary N) is 1. The summed E-state index contributed by atoms with van der Waals surface area (Å²) in [6.07, 6.45) is 3.90. The van der Waals surface area contributed by atoms with Crippen LogP contribution in [0.15, 0.2) is 64.9 Å². The SMILES string of the molecule is O=C(Nc1nc(-c2ccccc2)cs1)c1ccc(S(=O)(=O)N2CCCCCC2)cc1. The number of carbonyl (C=O) groups is 1. The zero-order valence-electron chi connectivity index (χ0n) is 16.5. The first-order valence-corrected chi connectivity index (χ1v) is 12.3. The van der Waals surface area contributed by atoms with Crippen molar-refractivity contribution in [1.29, 1.82) is 0 Å². The van der Waals surface area contributed by atoms with Crippen LogP contribution in [-0.2, 0) is 10.0 Å². The molecule has 1 fully saturated rings. The van der Waals surface area contributed by atoms with Gasteiger partial charge in [-0.2, -0.15) is 4.31 Å². The smallest absolute Gasteiger partial charge is 0.257 e. The Labute approximate surface area is 180 Å². The summed E-state index contributed by atoms with van der Waals surface area (Å²) >= 11 is 1.35. The lowest BCUT2D eigenvalue weighted by Gasteiger charge is -2.20. The molecule has 0 aliphatic carbocycles. The van der Waals surface area contributed by atoms with E-state index in [1.165, 1.54) is 23.5 Å². The molecule has 0 atom stereocenters. The van der Waals surface area contributed by atoms with E-state index in [1.807, 2.05) is 35.7 Å². The second kappa shape index (κ2) is 9.07. The van der Waals surface area contributed by atoms with Crippen LogP contribution in [0.5, 0.6) is 0 Å². The number of aromatic nitrogens is 1. The van der Waals surface area contributed by atoms with Crippen LogP contribution in [0.3, 0.4) is 0 Å². The fraction of sp³-hybridized carbons (Fsp3) is 0.273. The number of hydrogen-bond acceptors (Lipinski definition) is 5. The van der Waals surface area contributed by atoms with Gasteiger partial charge < -0.3 is 0 Å². The van der Waals surface area contributed by atoms with E-state index in [4.69, 9.17) is 0 Å². The number of hydrogen-bond donors (Lipinski definition) is 1. The molecule has 4 rings (SSSR count). The third-order valence-corrected chi connectivity index (χ3v) is 7.78. The lowest BCUT2D eigenvalue weighted by Crippen LogP contribution is -2.31. The number of carbonyl (C=O) groups excluding carboxylic acids is 1. The Morgan fingerprint density at radius 2 is 1.60 bits per heavy atom. The van der Waals surface area contributed by atoms with Gasteiger partial charge in [0.2, 0.25) is 10.0 Å². The van der Waals surface area contributed by atoms with Crippen LogP contribution < -0.4 is 5.32 Å². The average Bonchev–Trinajstić information content (AvgIpc) is 3.05. The van der Waals surface area contributed by atoms with E-state index < -0.39 is 10.0 Å². The monoisotopic (exact) mass is 441 g/mol. The zero-order chi connectivity index (χ0) is 21.0. The Morgan fingerprint density at radius 1 is 0.933 bits per heavy atom. The molecule has 1 amide bonds. The first kappa shape index (κ1) is 20.7. The number of benzene rings is 2. The molecule has 30 heavy (non-hydrogen) atoms. The molecule has 1 aliphatic rings. The van der Waals surface area contributed by atoms with Gasteiger partial charge in [0.05, 0.1) is 10.6 Å². The molecule has 3 aromatic rings. The van der Waals surface area contributed by atoms with Gasteiger partial charge in [0.1, 0.15) is 0 Å². The molecule has 1 aliphatic heterocycles. The second-order valence-electron chi connectivity index (χ2n) is 7.20. The van der Waals surface area contributed by atoms with Crippen LogP contribution in [0.25, 0.3) is 11.3 Å². The van der Waals surface area contributed by atoms with Gasteiger partial charge in [-0.05, 0) is 37.1 Å². The summed E-state index contributed by atoms with van der Waals surface area (Å²) in [6, 6.07) is 15.8. The molecule has 1 N–H and O–H groups in total. The van der Waals surface area contributed by atoms with Crippen molar-refractivity contribution in [1.82, 2.24) is 9.29 Å². The summed E-state index contributed by atoms with van der Waals surface area (Å²) in [5.41, 5.74) is 2.17. The van der Waals surface area contributed by atoms with Crippen LogP contribution in [0.2, 0.25) is 0 Å². The number of nitrogens with zero attached hydrogens (tertiary/aromatic N) is 2. The summed E-state index contributed by atoms with van der Waals surface area (Å²) in [4.78, 5) is 17.2. The quantitative estimate of drug-likeness (QED) is 0.626. The molecule has 0 saturated carbocycles. The van der Waals surface area contributed by atoms with E-state index in [1.54, 1.807) is 16.4 Å². The van der Waals surface area contributed by atoms with Gasteiger partial charge in [0.15, 0.2) is 5.13 Å². The Hall–Kier alpha value is -2.55. The Balaban J connectivity index is 1.45. The third-order valence-electron chi connectivity index (χ3n) is 5.11. The third kappa shape index (κ3) is 4.61. The highest BCUT2D eigenvalue weighted by molar-refractivity contribution is 7.89. The van der Waals surface area contributed by atoms with Gasteiger partial charge >= 0.3 is 0 Å². The lowest BCUT2D eigenvalue weighted by atomic mass is 10.2. The molecule has 1 aromatic heterocycles. The summed E-state index contributed by atoms with van der Waals surface area (Å²) in [5.74, 6) is -0.317. The molecule has 0 radical (unpaired) electrons. The normalized spacial score (nSPS) is 15.5. The van der Waals surface area contributed by atoms with Gasteiger partial charge in [-0.3, -0.25) is 10.1 Å². The first-order valence-electron chi connectivity index (χ1n) is 9.96. The number of sulfonamides is 1. The fourth-order valence-electron chi connectivity index (χ4n) is 3.45. The Bertz CT molecular complexity index is 1100. The van der Waals surface area contributed by atoms with Crippen molar-refractivity contribution in [3.05, 3.63) is 65.5 Å². The van der Waals surface area contributed by atoms with E-state index >= 15 is 0 Å². The van der Waals surface area contributed by atoms with Crippen molar-refractivity contribution < 1.29 is 13.2 Å². The minimum absolute atomic E-state index is 0.224. The molecule has 0 unspecified atom stereocenters. The predicted octanol–water partition coefficient (Wildman–Crippen LogP) is 4.63. The number of thiazole rings is 1. The van der Waals surface area contributed by atoms with Crippen molar-refractivity contribution >= 4 is 32.4 Å². The largest absolute Gasteiger partial charge is 0.298 e.